The molecule has 14 heavy (non-hydrogen) atoms. The summed E-state index contributed by atoms with van der Waals surface area (Å²) in [5.41, 5.74) is 0.0903. The predicted molar refractivity (Wildman–Crippen MR) is 59.3 cm³/mol. The molecule has 0 saturated carbocycles. The lowest BCUT2D eigenvalue weighted by atomic mass is 9.71. The first-order valence-electron chi connectivity index (χ1n) is 5.53. The Hall–Kier alpha value is -0.530. The molecule has 0 rings (SSSR count). The number of rotatable bonds is 5. The minimum atomic E-state index is -0.666. The maximum Gasteiger partial charge on any atom is 0.306 e. The Morgan fingerprint density at radius 2 is 1.86 bits per heavy atom. The smallest absolute Gasteiger partial charge is 0.306 e. The lowest BCUT2D eigenvalue weighted by Crippen LogP contribution is -2.31. The van der Waals surface area contributed by atoms with E-state index in [1.165, 1.54) is 0 Å². The first-order valence-corrected chi connectivity index (χ1v) is 5.53. The van der Waals surface area contributed by atoms with Crippen molar-refractivity contribution in [2.75, 3.05) is 0 Å². The molecule has 0 aliphatic carbocycles. The first kappa shape index (κ1) is 13.5. The van der Waals surface area contributed by atoms with Gasteiger partial charge >= 0.3 is 5.97 Å². The molecule has 0 heterocycles. The van der Waals surface area contributed by atoms with E-state index >= 15 is 0 Å². The van der Waals surface area contributed by atoms with Crippen LogP contribution in [0, 0.1) is 17.3 Å². The van der Waals surface area contributed by atoms with Crippen LogP contribution in [0.25, 0.3) is 0 Å². The molecular weight excluding hydrogens is 176 g/mol. The normalized spacial score (nSPS) is 16.4. The molecule has 0 aliphatic rings. The number of aliphatic carboxylic acids is 1. The van der Waals surface area contributed by atoms with Crippen LogP contribution in [0.5, 0.6) is 0 Å². The lowest BCUT2D eigenvalue weighted by Gasteiger charge is -2.33. The number of hydrogen-bond donors (Lipinski definition) is 1. The third-order valence-corrected chi connectivity index (χ3v) is 2.97. The van der Waals surface area contributed by atoms with Gasteiger partial charge in [-0.05, 0) is 17.8 Å². The summed E-state index contributed by atoms with van der Waals surface area (Å²) in [4.78, 5) is 11.0. The van der Waals surface area contributed by atoms with Crippen LogP contribution in [0.3, 0.4) is 0 Å². The van der Waals surface area contributed by atoms with Gasteiger partial charge in [0.25, 0.3) is 0 Å². The van der Waals surface area contributed by atoms with Gasteiger partial charge in [0.05, 0.1) is 5.92 Å². The highest BCUT2D eigenvalue weighted by Gasteiger charge is 2.32. The van der Waals surface area contributed by atoms with Crippen molar-refractivity contribution in [2.45, 2.75) is 53.9 Å². The Kier molecular flexibility index (Phi) is 5.17. The van der Waals surface area contributed by atoms with E-state index in [4.69, 9.17) is 5.11 Å². The molecule has 1 N–H and O–H groups in total. The lowest BCUT2D eigenvalue weighted by molar-refractivity contribution is -0.144. The Balaban J connectivity index is 4.47. The zero-order chi connectivity index (χ0) is 11.4. The predicted octanol–water partition coefficient (Wildman–Crippen LogP) is 3.56. The fourth-order valence-corrected chi connectivity index (χ4v) is 2.03. The second-order valence-corrected chi connectivity index (χ2v) is 5.24. The third kappa shape index (κ3) is 4.12. The van der Waals surface area contributed by atoms with Gasteiger partial charge < -0.3 is 5.11 Å². The van der Waals surface area contributed by atoms with E-state index in [-0.39, 0.29) is 17.3 Å². The highest BCUT2D eigenvalue weighted by atomic mass is 16.4. The van der Waals surface area contributed by atoms with E-state index in [1.807, 2.05) is 6.92 Å². The van der Waals surface area contributed by atoms with Crippen LogP contribution in [0.15, 0.2) is 0 Å². The topological polar surface area (TPSA) is 37.3 Å². The number of carboxylic acid groups (broad SMARTS) is 1. The number of unbranched alkanes of at least 4 members (excludes halogenated alkanes) is 1. The summed E-state index contributed by atoms with van der Waals surface area (Å²) in [5, 5.41) is 9.02. The van der Waals surface area contributed by atoms with Gasteiger partial charge in [0.1, 0.15) is 0 Å². The molecule has 2 heteroatoms. The minimum absolute atomic E-state index is 0.0903. The SMILES string of the molecule is CCCC[C@@H]([C@H](C)C(=O)O)C(C)(C)C. The molecule has 2 atom stereocenters. The van der Waals surface area contributed by atoms with E-state index in [9.17, 15) is 4.79 Å². The summed E-state index contributed by atoms with van der Waals surface area (Å²) >= 11 is 0. The van der Waals surface area contributed by atoms with Crippen LogP contribution in [-0.4, -0.2) is 11.1 Å². The van der Waals surface area contributed by atoms with E-state index in [0.717, 1.165) is 19.3 Å². The molecule has 0 amide bonds. The third-order valence-electron chi connectivity index (χ3n) is 2.97. The summed E-state index contributed by atoms with van der Waals surface area (Å²) in [5.74, 6) is -0.623. The maximum absolute atomic E-state index is 11.0. The van der Waals surface area contributed by atoms with E-state index in [2.05, 4.69) is 27.7 Å². The quantitative estimate of drug-likeness (QED) is 0.736. The van der Waals surface area contributed by atoms with Crippen molar-refractivity contribution < 1.29 is 9.90 Å². The Labute approximate surface area is 87.7 Å². The van der Waals surface area contributed by atoms with E-state index in [1.54, 1.807) is 0 Å². The van der Waals surface area contributed by atoms with Crippen molar-refractivity contribution in [2.24, 2.45) is 17.3 Å². The van der Waals surface area contributed by atoms with Crippen molar-refractivity contribution in [3.63, 3.8) is 0 Å². The highest BCUT2D eigenvalue weighted by molar-refractivity contribution is 5.69. The van der Waals surface area contributed by atoms with Gasteiger partial charge in [0.15, 0.2) is 0 Å². The molecule has 0 unspecified atom stereocenters. The monoisotopic (exact) mass is 200 g/mol. The number of hydrogen-bond acceptors (Lipinski definition) is 1. The largest absolute Gasteiger partial charge is 0.481 e. The number of carbonyl (C=O) groups is 1. The van der Waals surface area contributed by atoms with Crippen LogP contribution >= 0.6 is 0 Å². The van der Waals surface area contributed by atoms with Gasteiger partial charge in [-0.15, -0.1) is 0 Å². The van der Waals surface area contributed by atoms with Gasteiger partial charge in [0.2, 0.25) is 0 Å². The molecule has 0 fully saturated rings. The maximum atomic E-state index is 11.0. The van der Waals surface area contributed by atoms with Crippen LogP contribution in [-0.2, 0) is 4.79 Å². The first-order chi connectivity index (χ1) is 6.30. The van der Waals surface area contributed by atoms with Crippen molar-refractivity contribution >= 4 is 5.97 Å². The second kappa shape index (κ2) is 5.38. The Morgan fingerprint density at radius 3 is 2.14 bits per heavy atom. The molecule has 0 aromatic carbocycles. The van der Waals surface area contributed by atoms with Crippen molar-refractivity contribution in [1.29, 1.82) is 0 Å². The van der Waals surface area contributed by atoms with E-state index in [0.29, 0.717) is 0 Å². The zero-order valence-electron chi connectivity index (χ0n) is 10.1. The summed E-state index contributed by atoms with van der Waals surface area (Å²) < 4.78 is 0. The van der Waals surface area contributed by atoms with E-state index < -0.39 is 5.97 Å². The molecular formula is C12H24O2. The highest BCUT2D eigenvalue weighted by Crippen LogP contribution is 2.36. The van der Waals surface area contributed by atoms with Crippen LogP contribution in [0.1, 0.15) is 53.9 Å². The van der Waals surface area contributed by atoms with Crippen LogP contribution in [0.2, 0.25) is 0 Å². The molecule has 0 radical (unpaired) electrons. The van der Waals surface area contributed by atoms with Crippen molar-refractivity contribution in [3.8, 4) is 0 Å². The molecule has 0 spiro atoms. The minimum Gasteiger partial charge on any atom is -0.481 e. The average Bonchev–Trinajstić information content (AvgIpc) is 2.02. The molecule has 0 aliphatic heterocycles. The van der Waals surface area contributed by atoms with Gasteiger partial charge in [-0.25, -0.2) is 0 Å². The van der Waals surface area contributed by atoms with Gasteiger partial charge in [-0.1, -0.05) is 47.5 Å². The van der Waals surface area contributed by atoms with Gasteiger partial charge in [-0.3, -0.25) is 4.79 Å². The van der Waals surface area contributed by atoms with Crippen LogP contribution < -0.4 is 0 Å². The van der Waals surface area contributed by atoms with Crippen LogP contribution in [0.4, 0.5) is 0 Å². The standard InChI is InChI=1S/C12H24O2/c1-6-7-8-10(12(3,4)5)9(2)11(13)14/h9-10H,6-8H2,1-5H3,(H,13,14)/t9-,10-/m0/s1. The average molecular weight is 200 g/mol. The number of carboxylic acids is 1. The molecule has 0 bridgehead atoms. The fraction of sp³-hybridized carbons (Fsp3) is 0.917. The van der Waals surface area contributed by atoms with Gasteiger partial charge in [0, 0.05) is 0 Å². The van der Waals surface area contributed by atoms with Crippen molar-refractivity contribution in [1.82, 2.24) is 0 Å². The molecule has 0 aromatic heterocycles. The summed E-state index contributed by atoms with van der Waals surface area (Å²) in [6.07, 6.45) is 3.28. The van der Waals surface area contributed by atoms with Gasteiger partial charge in [-0.2, -0.15) is 0 Å². The van der Waals surface area contributed by atoms with Crippen molar-refractivity contribution in [3.05, 3.63) is 0 Å². The molecule has 0 aromatic rings. The summed E-state index contributed by atoms with van der Waals surface area (Å²) in [6, 6.07) is 0. The summed E-state index contributed by atoms with van der Waals surface area (Å²) in [7, 11) is 0. The molecule has 84 valence electrons. The zero-order valence-corrected chi connectivity index (χ0v) is 10.1. The Morgan fingerprint density at radius 1 is 1.36 bits per heavy atom. The summed E-state index contributed by atoms with van der Waals surface area (Å²) in [6.45, 7) is 10.4. The fourth-order valence-electron chi connectivity index (χ4n) is 2.03. The Bertz CT molecular complexity index is 179. The molecule has 0 saturated heterocycles. The molecule has 2 nitrogen and oxygen atoms in total. The second-order valence-electron chi connectivity index (χ2n) is 5.24.